The van der Waals surface area contributed by atoms with Gasteiger partial charge in [-0.3, -0.25) is 0 Å². The highest BCUT2D eigenvalue weighted by Gasteiger charge is 2.26. The number of pyridine rings is 1. The van der Waals surface area contributed by atoms with Crippen molar-refractivity contribution in [1.82, 2.24) is 10.3 Å². The van der Waals surface area contributed by atoms with E-state index in [1.807, 2.05) is 48.5 Å². The minimum absolute atomic E-state index is 0.103. The summed E-state index contributed by atoms with van der Waals surface area (Å²) in [5.74, 6) is 3.00. The highest BCUT2D eigenvalue weighted by Crippen LogP contribution is 2.35. The van der Waals surface area contributed by atoms with Crippen LogP contribution in [0.3, 0.4) is 0 Å². The molecule has 1 fully saturated rings. The minimum atomic E-state index is -0.377. The van der Waals surface area contributed by atoms with Crippen molar-refractivity contribution in [3.05, 3.63) is 72.4 Å². The molecule has 2 aromatic carbocycles. The number of hydrogen-bond acceptors (Lipinski definition) is 5. The van der Waals surface area contributed by atoms with Crippen molar-refractivity contribution in [2.75, 3.05) is 23.7 Å². The summed E-state index contributed by atoms with van der Waals surface area (Å²) in [5, 5.41) is 9.21. The van der Waals surface area contributed by atoms with E-state index in [1.54, 1.807) is 18.3 Å². The Kier molecular flexibility index (Phi) is 9.46. The SMILES string of the molecule is CC(C)CC(Oc1ccc(NC(=O)Nc2cccnc2Oc2ccccc2C(C)(C)C)cc1)C1CCNCC1. The van der Waals surface area contributed by atoms with Crippen LogP contribution < -0.4 is 25.4 Å². The van der Waals surface area contributed by atoms with Gasteiger partial charge in [0, 0.05) is 17.4 Å². The van der Waals surface area contributed by atoms with Crippen molar-refractivity contribution in [1.29, 1.82) is 0 Å². The number of amides is 2. The van der Waals surface area contributed by atoms with Crippen molar-refractivity contribution in [2.24, 2.45) is 11.8 Å². The summed E-state index contributed by atoms with van der Waals surface area (Å²) in [6.07, 6.45) is 5.15. The predicted molar refractivity (Wildman–Crippen MR) is 158 cm³/mol. The number of aromatic nitrogens is 1. The average molecular weight is 531 g/mol. The van der Waals surface area contributed by atoms with Crippen LogP contribution in [0.5, 0.6) is 17.4 Å². The molecule has 7 nitrogen and oxygen atoms in total. The van der Waals surface area contributed by atoms with E-state index >= 15 is 0 Å². The van der Waals surface area contributed by atoms with Gasteiger partial charge < -0.3 is 25.4 Å². The summed E-state index contributed by atoms with van der Waals surface area (Å²) in [4.78, 5) is 17.2. The second-order valence-electron chi connectivity index (χ2n) is 11.7. The number of carbonyl (C=O) groups excluding carboxylic acids is 1. The Balaban J connectivity index is 1.39. The Hall–Kier alpha value is -3.58. The molecule has 3 aromatic rings. The third kappa shape index (κ3) is 8.20. The second kappa shape index (κ2) is 13.0. The van der Waals surface area contributed by atoms with Gasteiger partial charge in [-0.25, -0.2) is 9.78 Å². The zero-order valence-corrected chi connectivity index (χ0v) is 23.8. The minimum Gasteiger partial charge on any atom is -0.490 e. The van der Waals surface area contributed by atoms with Crippen LogP contribution in [0, 0.1) is 11.8 Å². The molecule has 1 aliphatic heterocycles. The van der Waals surface area contributed by atoms with Crippen molar-refractivity contribution in [2.45, 2.75) is 65.4 Å². The molecule has 1 saturated heterocycles. The maximum absolute atomic E-state index is 12.9. The number of benzene rings is 2. The van der Waals surface area contributed by atoms with E-state index in [2.05, 4.69) is 55.6 Å². The molecule has 1 aliphatic rings. The van der Waals surface area contributed by atoms with E-state index in [9.17, 15) is 4.79 Å². The molecule has 1 unspecified atom stereocenters. The summed E-state index contributed by atoms with van der Waals surface area (Å²) in [5.41, 5.74) is 2.11. The fourth-order valence-electron chi connectivity index (χ4n) is 4.94. The smallest absolute Gasteiger partial charge is 0.323 e. The van der Waals surface area contributed by atoms with Gasteiger partial charge in [0.05, 0.1) is 0 Å². The number of para-hydroxylation sites is 1. The van der Waals surface area contributed by atoms with Gasteiger partial charge in [-0.15, -0.1) is 0 Å². The van der Waals surface area contributed by atoms with Crippen LogP contribution in [0.15, 0.2) is 66.9 Å². The Morgan fingerprint density at radius 1 is 1.00 bits per heavy atom. The van der Waals surface area contributed by atoms with Gasteiger partial charge in [-0.1, -0.05) is 52.8 Å². The van der Waals surface area contributed by atoms with Crippen LogP contribution in [-0.2, 0) is 5.41 Å². The molecule has 0 bridgehead atoms. The lowest BCUT2D eigenvalue weighted by molar-refractivity contribution is 0.0922. The largest absolute Gasteiger partial charge is 0.490 e. The number of ether oxygens (including phenoxy) is 2. The van der Waals surface area contributed by atoms with Gasteiger partial charge in [0.15, 0.2) is 0 Å². The third-order valence-electron chi connectivity index (χ3n) is 6.93. The first kappa shape index (κ1) is 28.4. The molecule has 39 heavy (non-hydrogen) atoms. The van der Waals surface area contributed by atoms with E-state index in [0.29, 0.717) is 34.8 Å². The van der Waals surface area contributed by atoms with E-state index in [4.69, 9.17) is 9.47 Å². The van der Waals surface area contributed by atoms with Crippen LogP contribution in [-0.4, -0.2) is 30.2 Å². The number of carbonyl (C=O) groups is 1. The lowest BCUT2D eigenvalue weighted by Gasteiger charge is -2.32. The number of hydrogen-bond donors (Lipinski definition) is 3. The average Bonchev–Trinajstić information content (AvgIpc) is 2.90. The molecule has 4 rings (SSSR count). The molecule has 2 heterocycles. The highest BCUT2D eigenvalue weighted by atomic mass is 16.5. The van der Waals surface area contributed by atoms with Crippen LogP contribution in [0.25, 0.3) is 0 Å². The molecule has 0 radical (unpaired) electrons. The standard InChI is InChI=1S/C32H42N4O3/c1-22(2)21-29(23-16-19-33-20-17-23)38-25-14-12-24(13-15-25)35-31(37)36-27-10-8-18-34-30(27)39-28-11-7-6-9-26(28)32(3,4)5/h6-15,18,22-23,29,33H,16-17,19-21H2,1-5H3,(H2,35,36,37). The van der Waals surface area contributed by atoms with Crippen LogP contribution in [0.4, 0.5) is 16.2 Å². The van der Waals surface area contributed by atoms with Crippen molar-refractivity contribution >= 4 is 17.4 Å². The monoisotopic (exact) mass is 530 g/mol. The summed E-state index contributed by atoms with van der Waals surface area (Å²) in [6.45, 7) is 13.0. The van der Waals surface area contributed by atoms with E-state index in [0.717, 1.165) is 43.7 Å². The maximum atomic E-state index is 12.9. The number of rotatable bonds is 9. The number of anilines is 2. The van der Waals surface area contributed by atoms with Gasteiger partial charge in [-0.2, -0.15) is 0 Å². The quantitative estimate of drug-likeness (QED) is 0.265. The summed E-state index contributed by atoms with van der Waals surface area (Å²) in [6, 6.07) is 18.6. The maximum Gasteiger partial charge on any atom is 0.323 e. The normalized spacial score (nSPS) is 15.0. The Labute approximate surface area is 232 Å². The zero-order valence-electron chi connectivity index (χ0n) is 23.8. The van der Waals surface area contributed by atoms with E-state index in [-0.39, 0.29) is 17.6 Å². The van der Waals surface area contributed by atoms with Crippen LogP contribution >= 0.6 is 0 Å². The fourth-order valence-corrected chi connectivity index (χ4v) is 4.94. The lowest BCUT2D eigenvalue weighted by atomic mass is 9.86. The third-order valence-corrected chi connectivity index (χ3v) is 6.93. The van der Waals surface area contributed by atoms with E-state index in [1.165, 1.54) is 0 Å². The van der Waals surface area contributed by atoms with Gasteiger partial charge >= 0.3 is 6.03 Å². The molecule has 3 N–H and O–H groups in total. The summed E-state index contributed by atoms with van der Waals surface area (Å²) >= 11 is 0. The Morgan fingerprint density at radius 2 is 1.72 bits per heavy atom. The van der Waals surface area contributed by atoms with Gasteiger partial charge in [0.25, 0.3) is 0 Å². The molecular formula is C32H42N4O3. The first-order chi connectivity index (χ1) is 18.7. The molecule has 0 aliphatic carbocycles. The molecule has 7 heteroatoms. The molecule has 2 amide bonds. The molecule has 208 valence electrons. The number of urea groups is 1. The molecule has 1 atom stereocenters. The molecule has 0 saturated carbocycles. The van der Waals surface area contributed by atoms with Crippen LogP contribution in [0.2, 0.25) is 0 Å². The number of piperidine rings is 1. The number of nitrogens with zero attached hydrogens (tertiary/aromatic N) is 1. The molecule has 1 aromatic heterocycles. The number of nitrogens with one attached hydrogen (secondary N) is 3. The van der Waals surface area contributed by atoms with Crippen molar-refractivity contribution < 1.29 is 14.3 Å². The van der Waals surface area contributed by atoms with Crippen molar-refractivity contribution in [3.63, 3.8) is 0 Å². The van der Waals surface area contributed by atoms with Crippen LogP contribution in [0.1, 0.15) is 59.4 Å². The second-order valence-corrected chi connectivity index (χ2v) is 11.7. The molecular weight excluding hydrogens is 488 g/mol. The van der Waals surface area contributed by atoms with Crippen molar-refractivity contribution in [3.8, 4) is 17.4 Å². The predicted octanol–water partition coefficient (Wildman–Crippen LogP) is 7.61. The van der Waals surface area contributed by atoms with Gasteiger partial charge in [-0.05, 0) is 92.1 Å². The first-order valence-electron chi connectivity index (χ1n) is 14.0. The first-order valence-corrected chi connectivity index (χ1v) is 14.0. The summed E-state index contributed by atoms with van der Waals surface area (Å²) in [7, 11) is 0. The zero-order chi connectivity index (χ0) is 27.8. The Bertz CT molecular complexity index is 1210. The topological polar surface area (TPSA) is 84.5 Å². The van der Waals surface area contributed by atoms with Gasteiger partial charge in [0.1, 0.15) is 23.3 Å². The molecule has 0 spiro atoms. The summed E-state index contributed by atoms with van der Waals surface area (Å²) < 4.78 is 12.6. The fraction of sp³-hybridized carbons (Fsp3) is 0.438. The lowest BCUT2D eigenvalue weighted by Crippen LogP contribution is -2.37. The van der Waals surface area contributed by atoms with E-state index < -0.39 is 0 Å². The Morgan fingerprint density at radius 3 is 2.41 bits per heavy atom. The highest BCUT2D eigenvalue weighted by molar-refractivity contribution is 6.00. The van der Waals surface area contributed by atoms with Gasteiger partial charge in [0.2, 0.25) is 5.88 Å².